The minimum atomic E-state index is -0.948. The van der Waals surface area contributed by atoms with E-state index in [9.17, 15) is 9.90 Å². The summed E-state index contributed by atoms with van der Waals surface area (Å²) in [5, 5.41) is 21.2. The van der Waals surface area contributed by atoms with Gasteiger partial charge in [0.1, 0.15) is 5.54 Å². The number of carboxylic acid groups (broad SMARTS) is 1. The first-order valence-electron chi connectivity index (χ1n) is 5.68. The Kier molecular flexibility index (Phi) is 3.31. The standard InChI is InChI=1S/C13H13BrN2O2/c1-13(12(17)18,9-3-4-9)16-11-5-2-8(7-15)6-10(11)14/h2,5-6,9,16H,3-4H2,1H3,(H,17,18). The molecule has 0 spiro atoms. The zero-order chi connectivity index (χ0) is 13.3. The van der Waals surface area contributed by atoms with Crippen LogP contribution in [0.4, 0.5) is 5.69 Å². The van der Waals surface area contributed by atoms with Gasteiger partial charge < -0.3 is 10.4 Å². The maximum atomic E-state index is 11.4. The molecule has 0 bridgehead atoms. The van der Waals surface area contributed by atoms with Crippen molar-refractivity contribution in [3.05, 3.63) is 28.2 Å². The van der Waals surface area contributed by atoms with Crippen molar-refractivity contribution in [1.29, 1.82) is 5.26 Å². The molecule has 1 aromatic carbocycles. The molecule has 94 valence electrons. The second kappa shape index (κ2) is 4.62. The number of carboxylic acids is 1. The molecule has 1 aliphatic rings. The molecule has 1 aromatic rings. The summed E-state index contributed by atoms with van der Waals surface area (Å²) >= 11 is 3.35. The number of rotatable bonds is 4. The molecule has 5 heteroatoms. The number of benzene rings is 1. The smallest absolute Gasteiger partial charge is 0.329 e. The summed E-state index contributed by atoms with van der Waals surface area (Å²) in [5.74, 6) is -0.682. The Bertz CT molecular complexity index is 534. The lowest BCUT2D eigenvalue weighted by Crippen LogP contribution is -2.45. The lowest BCUT2D eigenvalue weighted by Gasteiger charge is -2.28. The average molecular weight is 309 g/mol. The van der Waals surface area contributed by atoms with Crippen LogP contribution < -0.4 is 5.32 Å². The van der Waals surface area contributed by atoms with E-state index in [0.29, 0.717) is 15.7 Å². The van der Waals surface area contributed by atoms with Crippen molar-refractivity contribution in [1.82, 2.24) is 0 Å². The minimum absolute atomic E-state index is 0.164. The summed E-state index contributed by atoms with van der Waals surface area (Å²) < 4.78 is 0.703. The molecule has 0 aromatic heterocycles. The van der Waals surface area contributed by atoms with Crippen LogP contribution in [0.15, 0.2) is 22.7 Å². The Morgan fingerprint density at radius 1 is 1.61 bits per heavy atom. The van der Waals surface area contributed by atoms with Crippen LogP contribution in [0.25, 0.3) is 0 Å². The Balaban J connectivity index is 2.28. The SMILES string of the molecule is CC(Nc1ccc(C#N)cc1Br)(C(=O)O)C1CC1. The maximum Gasteiger partial charge on any atom is 0.329 e. The fourth-order valence-electron chi connectivity index (χ4n) is 1.96. The lowest BCUT2D eigenvalue weighted by atomic mass is 9.95. The summed E-state index contributed by atoms with van der Waals surface area (Å²) in [5.41, 5.74) is 0.290. The van der Waals surface area contributed by atoms with Crippen molar-refractivity contribution in [2.45, 2.75) is 25.3 Å². The number of nitrogens with zero attached hydrogens (tertiary/aromatic N) is 1. The molecule has 1 aliphatic carbocycles. The first kappa shape index (κ1) is 12.9. The topological polar surface area (TPSA) is 73.1 Å². The molecule has 2 rings (SSSR count). The van der Waals surface area contributed by atoms with Gasteiger partial charge in [0.05, 0.1) is 11.6 Å². The van der Waals surface area contributed by atoms with Crippen LogP contribution in [-0.2, 0) is 4.79 Å². The largest absolute Gasteiger partial charge is 0.480 e. The summed E-state index contributed by atoms with van der Waals surface area (Å²) in [4.78, 5) is 11.4. The Morgan fingerprint density at radius 3 is 2.72 bits per heavy atom. The van der Waals surface area contributed by atoms with Gasteiger partial charge >= 0.3 is 5.97 Å². The lowest BCUT2D eigenvalue weighted by molar-refractivity contribution is -0.142. The third kappa shape index (κ3) is 2.34. The molecule has 0 aliphatic heterocycles. The van der Waals surface area contributed by atoms with Crippen LogP contribution in [0.3, 0.4) is 0 Å². The summed E-state index contributed by atoms with van der Waals surface area (Å²) in [6.45, 7) is 1.71. The van der Waals surface area contributed by atoms with Crippen LogP contribution in [0.1, 0.15) is 25.3 Å². The first-order valence-corrected chi connectivity index (χ1v) is 6.48. The highest BCUT2D eigenvalue weighted by atomic mass is 79.9. The van der Waals surface area contributed by atoms with Gasteiger partial charge in [0.15, 0.2) is 0 Å². The van der Waals surface area contributed by atoms with E-state index in [1.165, 1.54) is 0 Å². The Labute approximate surface area is 114 Å². The second-order valence-corrected chi connectivity index (χ2v) is 5.57. The molecule has 1 saturated carbocycles. The first-order chi connectivity index (χ1) is 8.47. The van der Waals surface area contributed by atoms with Gasteiger partial charge in [0.2, 0.25) is 0 Å². The number of nitriles is 1. The van der Waals surface area contributed by atoms with Crippen LogP contribution in [-0.4, -0.2) is 16.6 Å². The van der Waals surface area contributed by atoms with E-state index in [-0.39, 0.29) is 5.92 Å². The van der Waals surface area contributed by atoms with E-state index in [1.54, 1.807) is 25.1 Å². The molecule has 0 saturated heterocycles. The number of hydrogen-bond donors (Lipinski definition) is 2. The predicted molar refractivity (Wildman–Crippen MR) is 71.2 cm³/mol. The van der Waals surface area contributed by atoms with Gasteiger partial charge in [-0.1, -0.05) is 0 Å². The van der Waals surface area contributed by atoms with Crippen LogP contribution >= 0.6 is 15.9 Å². The minimum Gasteiger partial charge on any atom is -0.480 e. The fourth-order valence-corrected chi connectivity index (χ4v) is 2.43. The van der Waals surface area contributed by atoms with Gasteiger partial charge in [0.25, 0.3) is 0 Å². The third-order valence-corrected chi connectivity index (χ3v) is 3.99. The van der Waals surface area contributed by atoms with Gasteiger partial charge in [-0.3, -0.25) is 0 Å². The van der Waals surface area contributed by atoms with E-state index in [0.717, 1.165) is 12.8 Å². The van der Waals surface area contributed by atoms with Gasteiger partial charge in [-0.25, -0.2) is 4.79 Å². The number of hydrogen-bond acceptors (Lipinski definition) is 3. The van der Waals surface area contributed by atoms with Gasteiger partial charge in [-0.15, -0.1) is 0 Å². The number of nitrogens with one attached hydrogen (secondary N) is 1. The van der Waals surface area contributed by atoms with Crippen molar-refractivity contribution >= 4 is 27.6 Å². The molecule has 0 radical (unpaired) electrons. The van der Waals surface area contributed by atoms with Crippen molar-refractivity contribution in [3.8, 4) is 6.07 Å². The van der Waals surface area contributed by atoms with Crippen molar-refractivity contribution in [2.75, 3.05) is 5.32 Å². The van der Waals surface area contributed by atoms with E-state index in [1.807, 2.05) is 6.07 Å². The number of halogens is 1. The predicted octanol–water partition coefficient (Wildman–Crippen LogP) is 2.99. The van der Waals surface area contributed by atoms with Gasteiger partial charge in [0, 0.05) is 10.2 Å². The van der Waals surface area contributed by atoms with Crippen molar-refractivity contribution < 1.29 is 9.90 Å². The molecule has 0 heterocycles. The fraction of sp³-hybridized carbons (Fsp3) is 0.385. The van der Waals surface area contributed by atoms with Crippen LogP contribution in [0.2, 0.25) is 0 Å². The zero-order valence-electron chi connectivity index (χ0n) is 9.90. The van der Waals surface area contributed by atoms with Crippen molar-refractivity contribution in [3.63, 3.8) is 0 Å². The Morgan fingerprint density at radius 2 is 2.28 bits per heavy atom. The molecule has 18 heavy (non-hydrogen) atoms. The zero-order valence-corrected chi connectivity index (χ0v) is 11.5. The highest BCUT2D eigenvalue weighted by Gasteiger charge is 2.47. The molecule has 4 nitrogen and oxygen atoms in total. The monoisotopic (exact) mass is 308 g/mol. The van der Waals surface area contributed by atoms with Crippen LogP contribution in [0.5, 0.6) is 0 Å². The number of aliphatic carboxylic acids is 1. The Hall–Kier alpha value is -1.54. The normalized spacial score (nSPS) is 17.6. The highest BCUT2D eigenvalue weighted by molar-refractivity contribution is 9.10. The quantitative estimate of drug-likeness (QED) is 0.897. The summed E-state index contributed by atoms with van der Waals surface area (Å²) in [7, 11) is 0. The maximum absolute atomic E-state index is 11.4. The molecular weight excluding hydrogens is 296 g/mol. The van der Waals surface area contributed by atoms with E-state index >= 15 is 0 Å². The molecule has 2 N–H and O–H groups in total. The molecule has 1 fully saturated rings. The molecular formula is C13H13BrN2O2. The molecule has 0 amide bonds. The average Bonchev–Trinajstić information content (AvgIpc) is 3.15. The number of carbonyl (C=O) groups is 1. The van der Waals surface area contributed by atoms with E-state index in [2.05, 4.69) is 21.2 Å². The highest BCUT2D eigenvalue weighted by Crippen LogP contribution is 2.42. The van der Waals surface area contributed by atoms with Crippen LogP contribution in [0, 0.1) is 17.2 Å². The van der Waals surface area contributed by atoms with Gasteiger partial charge in [-0.2, -0.15) is 5.26 Å². The van der Waals surface area contributed by atoms with E-state index in [4.69, 9.17) is 5.26 Å². The summed E-state index contributed by atoms with van der Waals surface area (Å²) in [6.07, 6.45) is 1.87. The number of anilines is 1. The van der Waals surface area contributed by atoms with Gasteiger partial charge in [-0.05, 0) is 59.8 Å². The third-order valence-electron chi connectivity index (χ3n) is 3.33. The second-order valence-electron chi connectivity index (χ2n) is 4.71. The summed E-state index contributed by atoms with van der Waals surface area (Å²) in [6, 6.07) is 7.12. The van der Waals surface area contributed by atoms with E-state index < -0.39 is 11.5 Å². The molecule has 1 unspecified atom stereocenters. The van der Waals surface area contributed by atoms with Crippen molar-refractivity contribution in [2.24, 2.45) is 5.92 Å². The molecule has 1 atom stereocenters.